The van der Waals surface area contributed by atoms with Gasteiger partial charge in [0.15, 0.2) is 0 Å². The van der Waals surface area contributed by atoms with E-state index < -0.39 is 16.0 Å². The Bertz CT molecular complexity index is 825. The van der Waals surface area contributed by atoms with Gasteiger partial charge in [-0.05, 0) is 37.1 Å². The number of ether oxygens (including phenoxy) is 1. The fraction of sp³-hybridized carbons (Fsp3) is 0.312. The molecule has 1 aliphatic rings. The average Bonchev–Trinajstić information content (AvgIpc) is 3.04. The van der Waals surface area contributed by atoms with Crippen molar-refractivity contribution >= 4 is 16.0 Å². The van der Waals surface area contributed by atoms with E-state index in [1.807, 2.05) is 0 Å². The van der Waals surface area contributed by atoms with Gasteiger partial charge >= 0.3 is 5.97 Å². The lowest BCUT2D eigenvalue weighted by Crippen LogP contribution is -2.30. The number of esters is 1. The largest absolute Gasteiger partial charge is 0.469 e. The minimum Gasteiger partial charge on any atom is -0.469 e. The second-order valence-corrected chi connectivity index (χ2v) is 7.10. The highest BCUT2D eigenvalue weighted by molar-refractivity contribution is 7.89. The van der Waals surface area contributed by atoms with Gasteiger partial charge in [-0.25, -0.2) is 17.9 Å². The van der Waals surface area contributed by atoms with Crippen LogP contribution in [0.25, 0.3) is 0 Å². The van der Waals surface area contributed by atoms with Gasteiger partial charge < -0.3 is 9.15 Å². The molecule has 0 spiro atoms. The van der Waals surface area contributed by atoms with Crippen LogP contribution < -0.4 is 4.72 Å². The van der Waals surface area contributed by atoms with Gasteiger partial charge in [-0.2, -0.15) is 0 Å². The molecule has 1 heterocycles. The number of hydrogen-bond donors (Lipinski definition) is 1. The summed E-state index contributed by atoms with van der Waals surface area (Å²) in [6.45, 7) is 0. The molecule has 1 atom stereocenters. The highest BCUT2D eigenvalue weighted by atomic mass is 32.2. The molecule has 3 rings (SSSR count). The number of aryl methyl sites for hydroxylation is 1. The molecule has 0 amide bonds. The van der Waals surface area contributed by atoms with Crippen molar-refractivity contribution in [1.82, 2.24) is 4.72 Å². The second-order valence-electron chi connectivity index (χ2n) is 5.38. The van der Waals surface area contributed by atoms with E-state index in [4.69, 9.17) is 4.42 Å². The number of rotatable bonds is 4. The Kier molecular flexibility index (Phi) is 4.23. The van der Waals surface area contributed by atoms with Gasteiger partial charge in [0.25, 0.3) is 0 Å². The molecule has 7 heteroatoms. The topological polar surface area (TPSA) is 85.6 Å². The van der Waals surface area contributed by atoms with Crippen molar-refractivity contribution in [3.8, 4) is 0 Å². The summed E-state index contributed by atoms with van der Waals surface area (Å²) < 4.78 is 37.9. The van der Waals surface area contributed by atoms with E-state index in [0.717, 1.165) is 24.2 Å². The fourth-order valence-corrected chi connectivity index (χ4v) is 4.07. The molecule has 0 radical (unpaired) electrons. The number of carbonyl (C=O) groups excluding carboxylic acids is 1. The first-order valence-electron chi connectivity index (χ1n) is 7.28. The quantitative estimate of drug-likeness (QED) is 0.867. The number of carbonyl (C=O) groups is 1. The summed E-state index contributed by atoms with van der Waals surface area (Å²) in [5, 5.41) is 0. The molecule has 0 saturated carbocycles. The maximum atomic E-state index is 12.6. The van der Waals surface area contributed by atoms with Gasteiger partial charge in [-0.15, -0.1) is 0 Å². The summed E-state index contributed by atoms with van der Waals surface area (Å²) in [6, 6.07) is 7.28. The van der Waals surface area contributed by atoms with Crippen molar-refractivity contribution in [2.24, 2.45) is 0 Å². The molecular formula is C16H17NO5S. The van der Waals surface area contributed by atoms with Crippen LogP contribution in [0, 0.1) is 0 Å². The molecule has 0 bridgehead atoms. The Morgan fingerprint density at radius 1 is 1.35 bits per heavy atom. The van der Waals surface area contributed by atoms with E-state index >= 15 is 0 Å². The van der Waals surface area contributed by atoms with Crippen LogP contribution in [0.1, 0.15) is 40.6 Å². The fourth-order valence-electron chi connectivity index (χ4n) is 2.77. The summed E-state index contributed by atoms with van der Waals surface area (Å²) in [5.41, 5.74) is 1.08. The summed E-state index contributed by atoms with van der Waals surface area (Å²) in [7, 11) is -2.49. The van der Waals surface area contributed by atoms with Crippen LogP contribution in [0.2, 0.25) is 0 Å². The van der Waals surface area contributed by atoms with Crippen molar-refractivity contribution in [2.45, 2.75) is 30.2 Å². The van der Waals surface area contributed by atoms with Crippen molar-refractivity contribution in [3.05, 3.63) is 53.5 Å². The normalized spacial score (nSPS) is 17.5. The molecule has 0 aliphatic heterocycles. The lowest BCUT2D eigenvalue weighted by molar-refractivity contribution is 0.0600. The predicted molar refractivity (Wildman–Crippen MR) is 82.5 cm³/mol. The van der Waals surface area contributed by atoms with Gasteiger partial charge in [0.1, 0.15) is 5.76 Å². The van der Waals surface area contributed by atoms with Crippen LogP contribution in [0.15, 0.2) is 45.9 Å². The second kappa shape index (κ2) is 6.17. The number of furan rings is 1. The van der Waals surface area contributed by atoms with Crippen LogP contribution in [0.4, 0.5) is 0 Å². The molecule has 2 aromatic rings. The van der Waals surface area contributed by atoms with Crippen LogP contribution in [0.3, 0.4) is 0 Å². The molecule has 1 aromatic heterocycles. The summed E-state index contributed by atoms with van der Waals surface area (Å²) in [6.07, 6.45) is 3.96. The highest BCUT2D eigenvalue weighted by Gasteiger charge is 2.27. The summed E-state index contributed by atoms with van der Waals surface area (Å²) >= 11 is 0. The van der Waals surface area contributed by atoms with E-state index in [2.05, 4.69) is 9.46 Å². The Morgan fingerprint density at radius 3 is 2.96 bits per heavy atom. The molecule has 0 unspecified atom stereocenters. The number of benzene rings is 1. The van der Waals surface area contributed by atoms with Crippen molar-refractivity contribution in [3.63, 3.8) is 0 Å². The number of nitrogens with one attached hydrogen (secondary N) is 1. The molecular weight excluding hydrogens is 318 g/mol. The Balaban J connectivity index is 1.87. The number of fused-ring (bicyclic) bond motifs is 1. The third kappa shape index (κ3) is 3.16. The first-order chi connectivity index (χ1) is 11.0. The van der Waals surface area contributed by atoms with E-state index in [0.29, 0.717) is 6.42 Å². The van der Waals surface area contributed by atoms with Crippen LogP contribution in [0.5, 0.6) is 0 Å². The zero-order valence-corrected chi connectivity index (χ0v) is 13.4. The smallest absolute Gasteiger partial charge is 0.337 e. The van der Waals surface area contributed by atoms with Crippen molar-refractivity contribution in [2.75, 3.05) is 7.11 Å². The van der Waals surface area contributed by atoms with E-state index in [1.54, 1.807) is 12.3 Å². The van der Waals surface area contributed by atoms with Gasteiger partial charge in [0, 0.05) is 12.0 Å². The Morgan fingerprint density at radius 2 is 2.17 bits per heavy atom. The third-order valence-corrected chi connectivity index (χ3v) is 5.38. The minimum absolute atomic E-state index is 0.0380. The van der Waals surface area contributed by atoms with Gasteiger partial charge in [-0.1, -0.05) is 6.07 Å². The molecule has 0 saturated heterocycles. The number of hydrogen-bond acceptors (Lipinski definition) is 5. The summed E-state index contributed by atoms with van der Waals surface area (Å²) in [4.78, 5) is 11.6. The SMILES string of the molecule is COC(=O)c1cccc(S(=O)(=O)N[C@H]2CCCc3occc32)c1. The number of sulfonamides is 1. The lowest BCUT2D eigenvalue weighted by atomic mass is 9.94. The maximum Gasteiger partial charge on any atom is 0.337 e. The van der Waals surface area contributed by atoms with Crippen molar-refractivity contribution in [1.29, 1.82) is 0 Å². The highest BCUT2D eigenvalue weighted by Crippen LogP contribution is 2.31. The molecule has 1 N–H and O–H groups in total. The first-order valence-corrected chi connectivity index (χ1v) is 8.76. The Hall–Kier alpha value is -2.12. The Labute approximate surface area is 134 Å². The maximum absolute atomic E-state index is 12.6. The molecule has 23 heavy (non-hydrogen) atoms. The summed E-state index contributed by atoms with van der Waals surface area (Å²) in [5.74, 6) is 0.254. The van der Waals surface area contributed by atoms with Crippen LogP contribution in [-0.4, -0.2) is 21.5 Å². The van der Waals surface area contributed by atoms with Gasteiger partial charge in [0.2, 0.25) is 10.0 Å². The van der Waals surface area contributed by atoms with Gasteiger partial charge in [0.05, 0.1) is 29.9 Å². The van der Waals surface area contributed by atoms with Crippen LogP contribution >= 0.6 is 0 Å². The van der Waals surface area contributed by atoms with E-state index in [1.165, 1.54) is 31.4 Å². The van der Waals surface area contributed by atoms with E-state index in [9.17, 15) is 13.2 Å². The number of methoxy groups -OCH3 is 1. The predicted octanol–water partition coefficient (Wildman–Crippen LogP) is 2.42. The van der Waals surface area contributed by atoms with Crippen LogP contribution in [-0.2, 0) is 21.2 Å². The van der Waals surface area contributed by atoms with Crippen molar-refractivity contribution < 1.29 is 22.4 Å². The first kappa shape index (κ1) is 15.8. The van der Waals surface area contributed by atoms with E-state index in [-0.39, 0.29) is 16.5 Å². The minimum atomic E-state index is -3.74. The molecule has 1 aromatic carbocycles. The zero-order valence-electron chi connectivity index (χ0n) is 12.6. The molecule has 122 valence electrons. The standard InChI is InChI=1S/C16H17NO5S/c1-21-16(18)11-4-2-5-12(10-11)23(19,20)17-14-6-3-7-15-13(14)8-9-22-15/h2,4-5,8-10,14,17H,3,6-7H2,1H3/t14-/m0/s1. The monoisotopic (exact) mass is 335 g/mol. The average molecular weight is 335 g/mol. The zero-order chi connectivity index (χ0) is 16.4. The molecule has 0 fully saturated rings. The molecule has 1 aliphatic carbocycles. The molecule has 6 nitrogen and oxygen atoms in total. The van der Waals surface area contributed by atoms with Gasteiger partial charge in [-0.3, -0.25) is 0 Å². The lowest BCUT2D eigenvalue weighted by Gasteiger charge is -2.22. The third-order valence-electron chi connectivity index (χ3n) is 3.91.